The van der Waals surface area contributed by atoms with Gasteiger partial charge >= 0.3 is 0 Å². The maximum absolute atomic E-state index is 4.44. The molecule has 2 saturated heterocycles. The SMILES string of the molecule is CC1CC(N2CCCC2)CN1C(C)c1nnnn1C1CCCCC1. The molecule has 6 nitrogen and oxygen atoms in total. The highest BCUT2D eigenvalue weighted by Crippen LogP contribution is 2.34. The molecular weight excluding hydrogens is 300 g/mol. The van der Waals surface area contributed by atoms with Gasteiger partial charge in [0.05, 0.1) is 12.1 Å². The van der Waals surface area contributed by atoms with Gasteiger partial charge in [0.15, 0.2) is 5.82 Å². The highest BCUT2D eigenvalue weighted by atomic mass is 15.6. The van der Waals surface area contributed by atoms with Gasteiger partial charge < -0.3 is 0 Å². The average Bonchev–Trinajstić information content (AvgIpc) is 3.35. The molecule has 0 bridgehead atoms. The zero-order chi connectivity index (χ0) is 16.5. The second kappa shape index (κ2) is 7.08. The van der Waals surface area contributed by atoms with Gasteiger partial charge in [0.25, 0.3) is 0 Å². The Morgan fingerprint density at radius 2 is 1.75 bits per heavy atom. The van der Waals surface area contributed by atoms with E-state index in [0.29, 0.717) is 18.1 Å². The summed E-state index contributed by atoms with van der Waals surface area (Å²) >= 11 is 0. The molecule has 3 aliphatic rings. The minimum Gasteiger partial charge on any atom is -0.299 e. The molecule has 3 heterocycles. The molecule has 4 rings (SSSR count). The van der Waals surface area contributed by atoms with E-state index in [1.54, 1.807) is 0 Å². The first kappa shape index (κ1) is 16.5. The highest BCUT2D eigenvalue weighted by molar-refractivity contribution is 5.00. The van der Waals surface area contributed by atoms with E-state index in [2.05, 4.69) is 43.9 Å². The van der Waals surface area contributed by atoms with E-state index in [1.807, 2.05) is 0 Å². The molecule has 0 radical (unpaired) electrons. The number of likely N-dealkylation sites (tertiary alicyclic amines) is 2. The maximum Gasteiger partial charge on any atom is 0.168 e. The van der Waals surface area contributed by atoms with Crippen molar-refractivity contribution in [1.29, 1.82) is 0 Å². The van der Waals surface area contributed by atoms with Crippen LogP contribution in [-0.2, 0) is 0 Å². The Bertz CT molecular complexity index is 531. The maximum atomic E-state index is 4.44. The Balaban J connectivity index is 1.47. The fourth-order valence-corrected chi connectivity index (χ4v) is 5.15. The van der Waals surface area contributed by atoms with Gasteiger partial charge in [0.1, 0.15) is 0 Å². The molecule has 134 valence electrons. The number of hydrogen-bond donors (Lipinski definition) is 0. The summed E-state index contributed by atoms with van der Waals surface area (Å²) in [6.07, 6.45) is 10.5. The molecule has 1 aromatic rings. The van der Waals surface area contributed by atoms with Crippen LogP contribution in [0.3, 0.4) is 0 Å². The van der Waals surface area contributed by atoms with Crippen LogP contribution in [0, 0.1) is 0 Å². The highest BCUT2D eigenvalue weighted by Gasteiger charge is 2.38. The van der Waals surface area contributed by atoms with Gasteiger partial charge in [-0.2, -0.15) is 0 Å². The number of rotatable bonds is 4. The fraction of sp³-hybridized carbons (Fsp3) is 0.944. The van der Waals surface area contributed by atoms with Crippen LogP contribution in [0.5, 0.6) is 0 Å². The van der Waals surface area contributed by atoms with Gasteiger partial charge in [-0.25, -0.2) is 4.68 Å². The quantitative estimate of drug-likeness (QED) is 0.848. The number of aromatic nitrogens is 4. The lowest BCUT2D eigenvalue weighted by Gasteiger charge is -2.30. The van der Waals surface area contributed by atoms with Crippen LogP contribution in [0.25, 0.3) is 0 Å². The van der Waals surface area contributed by atoms with E-state index in [4.69, 9.17) is 0 Å². The van der Waals surface area contributed by atoms with Crippen molar-refractivity contribution in [3.63, 3.8) is 0 Å². The summed E-state index contributed by atoms with van der Waals surface area (Å²) < 4.78 is 2.15. The van der Waals surface area contributed by atoms with Crippen molar-refractivity contribution >= 4 is 0 Å². The molecule has 6 heteroatoms. The predicted molar refractivity (Wildman–Crippen MR) is 93.7 cm³/mol. The van der Waals surface area contributed by atoms with Gasteiger partial charge in [0, 0.05) is 18.6 Å². The monoisotopic (exact) mass is 332 g/mol. The lowest BCUT2D eigenvalue weighted by Crippen LogP contribution is -2.37. The molecule has 0 aromatic carbocycles. The molecular formula is C18H32N6. The summed E-state index contributed by atoms with van der Waals surface area (Å²) in [7, 11) is 0. The van der Waals surface area contributed by atoms with Crippen molar-refractivity contribution in [2.45, 2.75) is 89.4 Å². The average molecular weight is 332 g/mol. The first-order chi connectivity index (χ1) is 11.7. The summed E-state index contributed by atoms with van der Waals surface area (Å²) in [5.41, 5.74) is 0. The van der Waals surface area contributed by atoms with Crippen LogP contribution in [-0.4, -0.2) is 61.7 Å². The predicted octanol–water partition coefficient (Wildman–Crippen LogP) is 2.80. The molecule has 0 amide bonds. The molecule has 2 aliphatic heterocycles. The third-order valence-electron chi connectivity index (χ3n) is 6.57. The Morgan fingerprint density at radius 1 is 1.00 bits per heavy atom. The Labute approximate surface area is 145 Å². The summed E-state index contributed by atoms with van der Waals surface area (Å²) in [6.45, 7) is 8.42. The van der Waals surface area contributed by atoms with E-state index in [0.717, 1.165) is 11.9 Å². The summed E-state index contributed by atoms with van der Waals surface area (Å²) in [6, 6.07) is 2.16. The Hall–Kier alpha value is -1.01. The minimum absolute atomic E-state index is 0.310. The van der Waals surface area contributed by atoms with Gasteiger partial charge in [-0.3, -0.25) is 9.80 Å². The molecule has 3 unspecified atom stereocenters. The van der Waals surface area contributed by atoms with Gasteiger partial charge in [-0.05, 0) is 69.5 Å². The van der Waals surface area contributed by atoms with Crippen molar-refractivity contribution in [3.8, 4) is 0 Å². The summed E-state index contributed by atoms with van der Waals surface area (Å²) in [5, 5.41) is 12.8. The molecule has 24 heavy (non-hydrogen) atoms. The van der Waals surface area contributed by atoms with Gasteiger partial charge in [-0.1, -0.05) is 19.3 Å². The summed E-state index contributed by atoms with van der Waals surface area (Å²) in [4.78, 5) is 5.33. The van der Waals surface area contributed by atoms with E-state index >= 15 is 0 Å². The van der Waals surface area contributed by atoms with E-state index in [-0.39, 0.29) is 0 Å². The first-order valence-electron chi connectivity index (χ1n) is 10.0. The molecule has 3 fully saturated rings. The first-order valence-corrected chi connectivity index (χ1v) is 10.0. The zero-order valence-electron chi connectivity index (χ0n) is 15.3. The number of hydrogen-bond acceptors (Lipinski definition) is 5. The standard InChI is InChI=1S/C18H32N6/c1-14-12-17(22-10-6-7-11-22)13-23(14)15(2)18-19-20-21-24(18)16-8-4-3-5-9-16/h14-17H,3-13H2,1-2H3. The molecule has 1 aromatic heterocycles. The van der Waals surface area contributed by atoms with Crippen molar-refractivity contribution in [2.24, 2.45) is 0 Å². The van der Waals surface area contributed by atoms with Crippen LogP contribution in [0.4, 0.5) is 0 Å². The van der Waals surface area contributed by atoms with Crippen LogP contribution in [0.15, 0.2) is 0 Å². The van der Waals surface area contributed by atoms with Crippen molar-refractivity contribution in [2.75, 3.05) is 19.6 Å². The molecule has 0 N–H and O–H groups in total. The second-order valence-electron chi connectivity index (χ2n) is 8.13. The second-order valence-corrected chi connectivity index (χ2v) is 8.13. The van der Waals surface area contributed by atoms with E-state index < -0.39 is 0 Å². The van der Waals surface area contributed by atoms with Crippen LogP contribution >= 0.6 is 0 Å². The molecule has 0 spiro atoms. The minimum atomic E-state index is 0.310. The topological polar surface area (TPSA) is 50.1 Å². The van der Waals surface area contributed by atoms with Crippen LogP contribution < -0.4 is 0 Å². The van der Waals surface area contributed by atoms with Crippen LogP contribution in [0.2, 0.25) is 0 Å². The molecule has 1 saturated carbocycles. The lowest BCUT2D eigenvalue weighted by atomic mass is 9.95. The largest absolute Gasteiger partial charge is 0.299 e. The van der Waals surface area contributed by atoms with Crippen molar-refractivity contribution in [3.05, 3.63) is 5.82 Å². The third kappa shape index (κ3) is 3.10. The van der Waals surface area contributed by atoms with Crippen molar-refractivity contribution in [1.82, 2.24) is 30.0 Å². The smallest absolute Gasteiger partial charge is 0.168 e. The van der Waals surface area contributed by atoms with Gasteiger partial charge in [-0.15, -0.1) is 5.10 Å². The fourth-order valence-electron chi connectivity index (χ4n) is 5.15. The van der Waals surface area contributed by atoms with Crippen LogP contribution in [0.1, 0.15) is 83.1 Å². The van der Waals surface area contributed by atoms with E-state index in [9.17, 15) is 0 Å². The Kier molecular flexibility index (Phi) is 4.86. The lowest BCUT2D eigenvalue weighted by molar-refractivity contribution is 0.170. The number of tetrazole rings is 1. The normalized spacial score (nSPS) is 31.8. The van der Waals surface area contributed by atoms with E-state index in [1.165, 1.54) is 71.0 Å². The number of nitrogens with zero attached hydrogens (tertiary/aromatic N) is 6. The van der Waals surface area contributed by atoms with Gasteiger partial charge in [0.2, 0.25) is 0 Å². The molecule has 1 aliphatic carbocycles. The molecule has 3 atom stereocenters. The summed E-state index contributed by atoms with van der Waals surface area (Å²) in [5.74, 6) is 1.08. The zero-order valence-corrected chi connectivity index (χ0v) is 15.3. The van der Waals surface area contributed by atoms with Crippen molar-refractivity contribution < 1.29 is 0 Å². The Morgan fingerprint density at radius 3 is 2.50 bits per heavy atom. The third-order valence-corrected chi connectivity index (χ3v) is 6.57.